The summed E-state index contributed by atoms with van der Waals surface area (Å²) in [6.45, 7) is 9.06. The number of hydrogen-bond donors (Lipinski definition) is 0. The van der Waals surface area contributed by atoms with Crippen molar-refractivity contribution in [3.63, 3.8) is 0 Å². The molecule has 0 saturated heterocycles. The average molecular weight is 733 g/mol. The maximum absolute atomic E-state index is 2.80. The molecule has 0 spiro atoms. The van der Waals surface area contributed by atoms with Crippen LogP contribution >= 0.6 is 0 Å². The number of anilines is 3. The van der Waals surface area contributed by atoms with E-state index in [1.165, 1.54) is 104 Å². The predicted molar refractivity (Wildman–Crippen MR) is 243 cm³/mol. The first-order chi connectivity index (χ1) is 27.4. The Labute approximate surface area is 330 Å². The molecule has 56 heavy (non-hydrogen) atoms. The van der Waals surface area contributed by atoms with E-state index < -0.39 is 8.07 Å². The van der Waals surface area contributed by atoms with Crippen LogP contribution in [0, 0.1) is 27.7 Å². The van der Waals surface area contributed by atoms with Crippen LogP contribution in [0.15, 0.2) is 176 Å². The lowest BCUT2D eigenvalue weighted by molar-refractivity contribution is 1.15. The molecule has 0 N–H and O–H groups in total. The zero-order valence-electron chi connectivity index (χ0n) is 32.2. The Kier molecular flexibility index (Phi) is 7.27. The SMILES string of the molecule is Cc1cc(C)c2c(c1)c1cc(C)cc(C)c1n2-c1ccc2c(c1)N1c3ccccc3[Si](c3ccccc3)(c3ccccc3)c3cccc(c31)B2c1ccccc1. The van der Waals surface area contributed by atoms with Gasteiger partial charge in [-0.3, -0.25) is 0 Å². The third-order valence-electron chi connectivity index (χ3n) is 12.6. The Morgan fingerprint density at radius 2 is 1.00 bits per heavy atom. The highest BCUT2D eigenvalue weighted by Gasteiger charge is 2.51. The third-order valence-corrected chi connectivity index (χ3v) is 17.4. The smallest absolute Gasteiger partial charge is 0.246 e. The molecule has 8 aromatic carbocycles. The van der Waals surface area contributed by atoms with E-state index in [0.717, 1.165) is 0 Å². The molecule has 0 saturated carbocycles. The molecule has 4 heteroatoms. The minimum absolute atomic E-state index is 0.0712. The van der Waals surface area contributed by atoms with Gasteiger partial charge in [-0.25, -0.2) is 0 Å². The van der Waals surface area contributed by atoms with Gasteiger partial charge in [0.15, 0.2) is 8.07 Å². The minimum atomic E-state index is -2.80. The number of hydrogen-bond acceptors (Lipinski definition) is 1. The lowest BCUT2D eigenvalue weighted by Crippen LogP contribution is -2.78. The Bertz CT molecular complexity index is 2920. The van der Waals surface area contributed by atoms with E-state index in [2.05, 4.69) is 213 Å². The average Bonchev–Trinajstić information content (AvgIpc) is 3.56. The van der Waals surface area contributed by atoms with E-state index in [-0.39, 0.29) is 6.71 Å². The Hall–Kier alpha value is -6.36. The Morgan fingerprint density at radius 1 is 0.446 bits per heavy atom. The third kappa shape index (κ3) is 4.51. The number of aryl methyl sites for hydroxylation is 4. The van der Waals surface area contributed by atoms with Crippen molar-refractivity contribution in [2.45, 2.75) is 27.7 Å². The fraction of sp³-hybridized carbons (Fsp3) is 0.0769. The molecule has 1 aromatic heterocycles. The maximum atomic E-state index is 2.64. The summed E-state index contributed by atoms with van der Waals surface area (Å²) in [7, 11) is -2.80. The molecule has 0 amide bonds. The van der Waals surface area contributed by atoms with Crippen LogP contribution in [0.2, 0.25) is 0 Å². The van der Waals surface area contributed by atoms with E-state index in [4.69, 9.17) is 0 Å². The largest absolute Gasteiger partial charge is 0.312 e. The molecule has 2 aliphatic heterocycles. The van der Waals surface area contributed by atoms with Crippen molar-refractivity contribution >= 4 is 90.8 Å². The molecule has 0 fully saturated rings. The van der Waals surface area contributed by atoms with E-state index in [9.17, 15) is 0 Å². The maximum Gasteiger partial charge on any atom is 0.246 e. The van der Waals surface area contributed by atoms with Crippen molar-refractivity contribution in [1.82, 2.24) is 4.57 Å². The lowest BCUT2D eigenvalue weighted by Gasteiger charge is -2.49. The first-order valence-corrected chi connectivity index (χ1v) is 21.8. The Balaban J connectivity index is 1.28. The predicted octanol–water partition coefficient (Wildman–Crippen LogP) is 8.01. The topological polar surface area (TPSA) is 8.17 Å². The molecule has 0 aliphatic carbocycles. The second-order valence-electron chi connectivity index (χ2n) is 16.0. The van der Waals surface area contributed by atoms with Gasteiger partial charge >= 0.3 is 0 Å². The number of benzene rings is 8. The summed E-state index contributed by atoms with van der Waals surface area (Å²) in [5.41, 5.74) is 16.8. The fourth-order valence-corrected chi connectivity index (χ4v) is 15.7. The van der Waals surface area contributed by atoms with Crippen LogP contribution in [-0.4, -0.2) is 19.4 Å². The molecule has 2 nitrogen and oxygen atoms in total. The molecule has 0 radical (unpaired) electrons. The zero-order chi connectivity index (χ0) is 37.7. The highest BCUT2D eigenvalue weighted by molar-refractivity contribution is 7.22. The summed E-state index contributed by atoms with van der Waals surface area (Å²) in [5, 5.41) is 8.32. The van der Waals surface area contributed by atoms with Gasteiger partial charge in [0.25, 0.3) is 0 Å². The monoisotopic (exact) mass is 732 g/mol. The van der Waals surface area contributed by atoms with Crippen molar-refractivity contribution in [1.29, 1.82) is 0 Å². The first kappa shape index (κ1) is 33.0. The van der Waals surface area contributed by atoms with Crippen molar-refractivity contribution in [3.05, 3.63) is 198 Å². The summed E-state index contributed by atoms with van der Waals surface area (Å²) in [6.07, 6.45) is 0. The normalized spacial score (nSPS) is 13.8. The zero-order valence-corrected chi connectivity index (χ0v) is 33.2. The second-order valence-corrected chi connectivity index (χ2v) is 19.7. The van der Waals surface area contributed by atoms with Gasteiger partial charge in [-0.2, -0.15) is 0 Å². The van der Waals surface area contributed by atoms with E-state index in [0.29, 0.717) is 0 Å². The van der Waals surface area contributed by atoms with Gasteiger partial charge < -0.3 is 9.47 Å². The van der Waals surface area contributed by atoms with Crippen LogP contribution in [0.3, 0.4) is 0 Å². The van der Waals surface area contributed by atoms with Crippen LogP contribution in [0.4, 0.5) is 17.1 Å². The van der Waals surface area contributed by atoms with Crippen molar-refractivity contribution < 1.29 is 0 Å². The van der Waals surface area contributed by atoms with E-state index in [1.807, 2.05) is 0 Å². The summed E-state index contributed by atoms with van der Waals surface area (Å²) in [4.78, 5) is 2.64. The summed E-state index contributed by atoms with van der Waals surface area (Å²) in [5.74, 6) is 0. The quantitative estimate of drug-likeness (QED) is 0.167. The van der Waals surface area contributed by atoms with E-state index >= 15 is 0 Å². The van der Waals surface area contributed by atoms with Crippen LogP contribution in [0.1, 0.15) is 22.3 Å². The van der Waals surface area contributed by atoms with Gasteiger partial charge in [-0.15, -0.1) is 0 Å². The number of fused-ring (bicyclic) bond motifs is 7. The van der Waals surface area contributed by atoms with Crippen molar-refractivity contribution in [2.75, 3.05) is 4.90 Å². The number of aromatic nitrogens is 1. The minimum Gasteiger partial charge on any atom is -0.312 e. The molecule has 0 bridgehead atoms. The van der Waals surface area contributed by atoms with E-state index in [1.54, 1.807) is 0 Å². The first-order valence-electron chi connectivity index (χ1n) is 19.8. The van der Waals surface area contributed by atoms with Gasteiger partial charge in [-0.1, -0.05) is 162 Å². The molecule has 3 heterocycles. The molecule has 266 valence electrons. The number of para-hydroxylation sites is 2. The standard InChI is InChI=1S/C52H41BN2Si/c1-34-29-36(3)50-42(31-34)43-32-35(2)30-37(4)51(43)54(50)39-27-28-44-47(33-39)55-46-24-14-15-25-48(46)56(40-19-10-6-11-20-40,41-21-12-7-13-22-41)49-26-16-23-45(52(49)55)53(44)38-17-8-5-9-18-38/h5-33H,1-4H3. The molecule has 11 rings (SSSR count). The molecular formula is C52H41BN2Si. The molecule has 0 atom stereocenters. The second kappa shape index (κ2) is 12.3. The van der Waals surface area contributed by atoms with Crippen molar-refractivity contribution in [2.24, 2.45) is 0 Å². The highest BCUT2D eigenvalue weighted by Crippen LogP contribution is 2.42. The molecule has 2 aliphatic rings. The fourth-order valence-electron chi connectivity index (χ4n) is 10.6. The molecule has 0 unspecified atom stereocenters. The highest BCUT2D eigenvalue weighted by atomic mass is 28.3. The van der Waals surface area contributed by atoms with Crippen LogP contribution < -0.4 is 42.0 Å². The van der Waals surface area contributed by atoms with Gasteiger partial charge in [0.2, 0.25) is 6.71 Å². The molecule has 9 aromatic rings. The van der Waals surface area contributed by atoms with Crippen LogP contribution in [-0.2, 0) is 0 Å². The van der Waals surface area contributed by atoms with Gasteiger partial charge in [-0.05, 0) is 101 Å². The lowest BCUT2D eigenvalue weighted by atomic mass is 9.35. The van der Waals surface area contributed by atoms with Crippen molar-refractivity contribution in [3.8, 4) is 5.69 Å². The summed E-state index contributed by atoms with van der Waals surface area (Å²) in [6, 6.07) is 67.1. The summed E-state index contributed by atoms with van der Waals surface area (Å²) < 4.78 is 2.55. The number of nitrogens with zero attached hydrogens (tertiary/aromatic N) is 2. The summed E-state index contributed by atoms with van der Waals surface area (Å²) >= 11 is 0. The molecular weight excluding hydrogens is 691 g/mol. The van der Waals surface area contributed by atoms with Crippen LogP contribution in [0.25, 0.3) is 27.5 Å². The van der Waals surface area contributed by atoms with Gasteiger partial charge in [0.05, 0.1) is 11.0 Å². The number of rotatable bonds is 4. The van der Waals surface area contributed by atoms with Gasteiger partial charge in [0.1, 0.15) is 0 Å². The van der Waals surface area contributed by atoms with Gasteiger partial charge in [0, 0.05) is 33.5 Å². The van der Waals surface area contributed by atoms with Crippen LogP contribution in [0.5, 0.6) is 0 Å². The Morgan fingerprint density at radius 3 is 1.62 bits per heavy atom.